The van der Waals surface area contributed by atoms with Gasteiger partial charge in [-0.2, -0.15) is 0 Å². The van der Waals surface area contributed by atoms with Crippen molar-refractivity contribution in [3.8, 4) is 0 Å². The third-order valence-corrected chi connectivity index (χ3v) is 2.85. The lowest BCUT2D eigenvalue weighted by Crippen LogP contribution is -1.88. The zero-order chi connectivity index (χ0) is 6.74. The molecule has 0 bridgehead atoms. The molecule has 0 unspecified atom stereocenters. The fraction of sp³-hybridized carbons (Fsp3) is 0.600. The first-order valence-corrected chi connectivity index (χ1v) is 5.81. The summed E-state index contributed by atoms with van der Waals surface area (Å²) < 4.78 is 10.4. The predicted molar refractivity (Wildman–Crippen MR) is 41.3 cm³/mol. The van der Waals surface area contributed by atoms with Crippen LogP contribution in [0, 0.1) is 0 Å². The van der Waals surface area contributed by atoms with E-state index in [-0.39, 0.29) is 0 Å². The molecule has 0 fully saturated rings. The van der Waals surface area contributed by atoms with Crippen LogP contribution in [0.25, 0.3) is 0 Å². The molecule has 0 aromatic rings. The van der Waals surface area contributed by atoms with Crippen molar-refractivity contribution in [2.75, 3.05) is 19.9 Å². The van der Waals surface area contributed by atoms with Gasteiger partial charge in [0.2, 0.25) is 0 Å². The van der Waals surface area contributed by atoms with Gasteiger partial charge in [-0.15, -0.1) is 0 Å². The molecule has 1 aliphatic heterocycles. The largest absolute Gasteiger partial charge is 0.325 e. The summed E-state index contributed by atoms with van der Waals surface area (Å²) in [6.45, 7) is 1.19. The van der Waals surface area contributed by atoms with Crippen LogP contribution >= 0.6 is 6.49 Å². The van der Waals surface area contributed by atoms with Crippen LogP contribution in [-0.2, 0) is 20.9 Å². The van der Waals surface area contributed by atoms with E-state index in [1.165, 1.54) is 0 Å². The van der Waals surface area contributed by atoms with Gasteiger partial charge < -0.3 is 9.05 Å². The zero-order valence-corrected chi connectivity index (χ0v) is 6.95. The highest BCUT2D eigenvalue weighted by atomic mass is 32.5. The third kappa shape index (κ3) is 2.59. The molecule has 0 amide bonds. The van der Waals surface area contributed by atoms with Gasteiger partial charge in [-0.05, 0) is 11.8 Å². The third-order valence-electron chi connectivity index (χ3n) is 0.977. The Kier molecular flexibility index (Phi) is 2.42. The molecule has 0 aromatic heterocycles. The molecule has 4 heteroatoms. The van der Waals surface area contributed by atoms with E-state index in [2.05, 4.69) is 0 Å². The Labute approximate surface area is 60.0 Å². The van der Waals surface area contributed by atoms with Crippen LogP contribution in [-0.4, -0.2) is 19.9 Å². The fourth-order valence-electron chi connectivity index (χ4n) is 0.530. The molecule has 52 valence electrons. The van der Waals surface area contributed by atoms with E-state index in [4.69, 9.17) is 20.9 Å². The Hall–Kier alpha value is 0.310. The number of rotatable bonds is 0. The maximum Gasteiger partial charge on any atom is 0.186 e. The predicted octanol–water partition coefficient (Wildman–Crippen LogP) is 1.53. The Morgan fingerprint density at radius 1 is 1.33 bits per heavy atom. The van der Waals surface area contributed by atoms with Crippen molar-refractivity contribution in [2.45, 2.75) is 0 Å². The second-order valence-corrected chi connectivity index (χ2v) is 5.88. The average molecular weight is 164 g/mol. The molecule has 0 radical (unpaired) electrons. The van der Waals surface area contributed by atoms with Crippen molar-refractivity contribution < 1.29 is 9.05 Å². The quantitative estimate of drug-likeness (QED) is 0.399. The van der Waals surface area contributed by atoms with Crippen molar-refractivity contribution in [1.82, 2.24) is 0 Å². The molecule has 1 heterocycles. The zero-order valence-electron chi connectivity index (χ0n) is 5.24. The van der Waals surface area contributed by atoms with E-state index >= 15 is 0 Å². The highest BCUT2D eigenvalue weighted by molar-refractivity contribution is 8.09. The van der Waals surface area contributed by atoms with Crippen LogP contribution in [0.1, 0.15) is 0 Å². The normalized spacial score (nSPS) is 25.4. The molecule has 0 saturated carbocycles. The van der Waals surface area contributed by atoms with Crippen molar-refractivity contribution in [1.29, 1.82) is 0 Å². The van der Waals surface area contributed by atoms with Crippen LogP contribution in [0.15, 0.2) is 12.2 Å². The van der Waals surface area contributed by atoms with Crippen molar-refractivity contribution in [2.24, 2.45) is 0 Å². The minimum Gasteiger partial charge on any atom is -0.325 e. The maximum absolute atomic E-state index is 5.21. The van der Waals surface area contributed by atoms with Gasteiger partial charge in [0.15, 0.2) is 6.49 Å². The molecule has 0 aliphatic carbocycles. The molecule has 9 heavy (non-hydrogen) atoms. The van der Waals surface area contributed by atoms with Gasteiger partial charge in [-0.25, -0.2) is 0 Å². The first-order valence-electron chi connectivity index (χ1n) is 2.72. The van der Waals surface area contributed by atoms with E-state index in [1.807, 2.05) is 18.8 Å². The first-order chi connectivity index (χ1) is 4.21. The smallest absolute Gasteiger partial charge is 0.186 e. The van der Waals surface area contributed by atoms with Gasteiger partial charge in [0.1, 0.15) is 0 Å². The highest BCUT2D eigenvalue weighted by Crippen LogP contribution is 2.44. The Morgan fingerprint density at radius 2 is 1.78 bits per heavy atom. The van der Waals surface area contributed by atoms with E-state index < -0.39 is 6.49 Å². The van der Waals surface area contributed by atoms with Crippen LogP contribution in [0.5, 0.6) is 0 Å². The molecule has 1 rings (SSSR count). The number of hydrogen-bond donors (Lipinski definition) is 0. The number of hydrogen-bond acceptors (Lipinski definition) is 3. The fourth-order valence-corrected chi connectivity index (χ4v) is 1.68. The van der Waals surface area contributed by atoms with E-state index in [9.17, 15) is 0 Å². The summed E-state index contributed by atoms with van der Waals surface area (Å²) in [6.07, 6.45) is 3.86. The monoisotopic (exact) mass is 164 g/mol. The summed E-state index contributed by atoms with van der Waals surface area (Å²) in [4.78, 5) is 0. The Morgan fingerprint density at radius 3 is 2.22 bits per heavy atom. The summed E-state index contributed by atoms with van der Waals surface area (Å²) in [5.41, 5.74) is 0. The second-order valence-electron chi connectivity index (χ2n) is 1.83. The molecule has 2 nitrogen and oxygen atoms in total. The molecular weight excluding hydrogens is 155 g/mol. The highest BCUT2D eigenvalue weighted by Gasteiger charge is 2.10. The van der Waals surface area contributed by atoms with Gasteiger partial charge in [-0.1, -0.05) is 12.2 Å². The summed E-state index contributed by atoms with van der Waals surface area (Å²) in [7, 11) is 0. The minimum atomic E-state index is -1.86. The molecule has 0 aromatic carbocycles. The van der Waals surface area contributed by atoms with Crippen molar-refractivity contribution in [3.63, 3.8) is 0 Å². The topological polar surface area (TPSA) is 18.5 Å². The Bertz CT molecular complexity index is 152. The molecular formula is C5H9O2PS. The van der Waals surface area contributed by atoms with Gasteiger partial charge in [-0.3, -0.25) is 0 Å². The van der Waals surface area contributed by atoms with Crippen LogP contribution in [0.3, 0.4) is 0 Å². The molecule has 1 aliphatic rings. The van der Waals surface area contributed by atoms with Crippen LogP contribution in [0.4, 0.5) is 0 Å². The summed E-state index contributed by atoms with van der Waals surface area (Å²) in [5, 5.41) is 0. The lowest BCUT2D eigenvalue weighted by Gasteiger charge is -2.12. The summed E-state index contributed by atoms with van der Waals surface area (Å²) in [6, 6.07) is 0. The lowest BCUT2D eigenvalue weighted by molar-refractivity contribution is 0.304. The minimum absolute atomic E-state index is 0.605. The van der Waals surface area contributed by atoms with Gasteiger partial charge in [0.25, 0.3) is 0 Å². The summed E-state index contributed by atoms with van der Waals surface area (Å²) in [5.74, 6) is 0. The molecule has 0 saturated heterocycles. The van der Waals surface area contributed by atoms with Gasteiger partial charge in [0.05, 0.1) is 13.2 Å². The average Bonchev–Trinajstić information content (AvgIpc) is 1.92. The first kappa shape index (κ1) is 7.42. The molecule has 0 atom stereocenters. The molecule has 0 spiro atoms. The molecule has 0 N–H and O–H groups in total. The Balaban J connectivity index is 2.54. The maximum atomic E-state index is 5.21. The lowest BCUT2D eigenvalue weighted by atomic mass is 10.5. The van der Waals surface area contributed by atoms with Gasteiger partial charge >= 0.3 is 0 Å². The van der Waals surface area contributed by atoms with Crippen molar-refractivity contribution >= 4 is 18.3 Å². The summed E-state index contributed by atoms with van der Waals surface area (Å²) >= 11 is 5.01. The van der Waals surface area contributed by atoms with Crippen LogP contribution < -0.4 is 0 Å². The standard InChI is InChI=1S/C5H9O2PS/c1-8(9)6-4-2-3-5-7-8/h2-3H,4-5H2,1H3. The SMILES string of the molecule is CP1(=S)OCC=CCO1. The van der Waals surface area contributed by atoms with E-state index in [0.717, 1.165) is 0 Å². The second kappa shape index (κ2) is 2.93. The van der Waals surface area contributed by atoms with Crippen LogP contribution in [0.2, 0.25) is 0 Å². The van der Waals surface area contributed by atoms with Gasteiger partial charge in [0, 0.05) is 6.66 Å². The van der Waals surface area contributed by atoms with E-state index in [0.29, 0.717) is 13.2 Å². The van der Waals surface area contributed by atoms with Crippen molar-refractivity contribution in [3.05, 3.63) is 12.2 Å². The van der Waals surface area contributed by atoms with E-state index in [1.54, 1.807) is 0 Å².